The van der Waals surface area contributed by atoms with Crippen molar-refractivity contribution in [1.29, 1.82) is 0 Å². The largest absolute Gasteiger partial charge is 0.481 e. The van der Waals surface area contributed by atoms with Gasteiger partial charge in [-0.2, -0.15) is 0 Å². The van der Waals surface area contributed by atoms with Gasteiger partial charge in [-0.3, -0.25) is 19.3 Å². The van der Waals surface area contributed by atoms with E-state index in [1.165, 1.54) is 18.3 Å². The van der Waals surface area contributed by atoms with E-state index in [1.807, 2.05) is 4.90 Å². The lowest BCUT2D eigenvalue weighted by Crippen LogP contribution is -2.49. The van der Waals surface area contributed by atoms with Crippen LogP contribution in [0.1, 0.15) is 16.8 Å². The Kier molecular flexibility index (Phi) is 4.52. The van der Waals surface area contributed by atoms with Crippen LogP contribution in [0.25, 0.3) is 0 Å². The zero-order chi connectivity index (χ0) is 14.5. The lowest BCUT2D eigenvalue weighted by molar-refractivity contribution is -0.137. The molecule has 0 radical (unpaired) electrons. The number of amides is 1. The standard InChI is InChI=1S/C13H17N3O4/c17-11-2-1-10(9-14-11)13(20)16-7-5-15(6-8-16)4-3-12(18)19/h1-2,9H,3-8H2,(H,14,17)(H,18,19). The fraction of sp³-hybridized carbons (Fsp3) is 0.462. The second-order valence-corrected chi connectivity index (χ2v) is 4.72. The van der Waals surface area contributed by atoms with E-state index in [4.69, 9.17) is 5.11 Å². The number of aromatic amines is 1. The number of nitrogens with one attached hydrogen (secondary N) is 1. The summed E-state index contributed by atoms with van der Waals surface area (Å²) in [7, 11) is 0. The monoisotopic (exact) mass is 279 g/mol. The van der Waals surface area contributed by atoms with Crippen molar-refractivity contribution in [2.24, 2.45) is 0 Å². The molecule has 1 aliphatic heterocycles. The van der Waals surface area contributed by atoms with Crippen LogP contribution in [0.5, 0.6) is 0 Å². The quantitative estimate of drug-likeness (QED) is 0.782. The van der Waals surface area contributed by atoms with Crippen molar-refractivity contribution in [1.82, 2.24) is 14.8 Å². The molecule has 1 aliphatic rings. The third-order valence-electron chi connectivity index (χ3n) is 3.33. The van der Waals surface area contributed by atoms with Gasteiger partial charge in [-0.25, -0.2) is 0 Å². The van der Waals surface area contributed by atoms with Gasteiger partial charge in [0.2, 0.25) is 5.56 Å². The minimum absolute atomic E-state index is 0.112. The number of hydrogen-bond acceptors (Lipinski definition) is 4. The molecule has 1 amide bonds. The average Bonchev–Trinajstić information content (AvgIpc) is 2.46. The second-order valence-electron chi connectivity index (χ2n) is 4.72. The molecule has 0 bridgehead atoms. The molecule has 0 atom stereocenters. The lowest BCUT2D eigenvalue weighted by Gasteiger charge is -2.34. The van der Waals surface area contributed by atoms with Gasteiger partial charge in [-0.15, -0.1) is 0 Å². The summed E-state index contributed by atoms with van der Waals surface area (Å²) < 4.78 is 0. The first-order valence-corrected chi connectivity index (χ1v) is 6.48. The molecule has 1 saturated heterocycles. The average molecular weight is 279 g/mol. The number of carbonyl (C=O) groups is 2. The predicted molar refractivity (Wildman–Crippen MR) is 71.7 cm³/mol. The molecule has 2 heterocycles. The van der Waals surface area contributed by atoms with E-state index >= 15 is 0 Å². The van der Waals surface area contributed by atoms with Crippen LogP contribution < -0.4 is 5.56 Å². The Morgan fingerprint density at radius 2 is 1.90 bits per heavy atom. The van der Waals surface area contributed by atoms with E-state index in [0.29, 0.717) is 38.3 Å². The summed E-state index contributed by atoms with van der Waals surface area (Å²) in [5.74, 6) is -0.920. The van der Waals surface area contributed by atoms with Gasteiger partial charge in [0.25, 0.3) is 5.91 Å². The van der Waals surface area contributed by atoms with E-state index in [-0.39, 0.29) is 17.9 Å². The van der Waals surface area contributed by atoms with Crippen molar-refractivity contribution in [3.63, 3.8) is 0 Å². The third-order valence-corrected chi connectivity index (χ3v) is 3.33. The Morgan fingerprint density at radius 3 is 2.45 bits per heavy atom. The maximum Gasteiger partial charge on any atom is 0.304 e. The van der Waals surface area contributed by atoms with Gasteiger partial charge in [0, 0.05) is 45.0 Å². The van der Waals surface area contributed by atoms with Crippen LogP contribution in [0, 0.1) is 0 Å². The number of hydrogen-bond donors (Lipinski definition) is 2. The van der Waals surface area contributed by atoms with Gasteiger partial charge < -0.3 is 15.0 Å². The predicted octanol–water partition coefficient (Wildman–Crippen LogP) is -0.393. The Labute approximate surface area is 115 Å². The number of carboxylic acids is 1. The summed E-state index contributed by atoms with van der Waals surface area (Å²) in [6.07, 6.45) is 1.54. The molecule has 7 heteroatoms. The van der Waals surface area contributed by atoms with E-state index in [9.17, 15) is 14.4 Å². The fourth-order valence-electron chi connectivity index (χ4n) is 2.15. The van der Waals surface area contributed by atoms with Crippen LogP contribution in [-0.4, -0.2) is 64.5 Å². The maximum atomic E-state index is 12.2. The Balaban J connectivity index is 1.87. The zero-order valence-corrected chi connectivity index (χ0v) is 11.0. The van der Waals surface area contributed by atoms with Crippen LogP contribution in [0.15, 0.2) is 23.1 Å². The number of H-pyrrole nitrogens is 1. The molecule has 108 valence electrons. The summed E-state index contributed by atoms with van der Waals surface area (Å²) in [5.41, 5.74) is 0.226. The first-order chi connectivity index (χ1) is 9.56. The molecular formula is C13H17N3O4. The molecule has 0 aromatic carbocycles. The Hall–Kier alpha value is -2.15. The number of pyridine rings is 1. The van der Waals surface area contributed by atoms with Gasteiger partial charge in [-0.05, 0) is 6.07 Å². The van der Waals surface area contributed by atoms with Crippen LogP contribution in [0.4, 0.5) is 0 Å². The molecule has 0 unspecified atom stereocenters. The van der Waals surface area contributed by atoms with Crippen molar-refractivity contribution in [3.05, 3.63) is 34.2 Å². The van der Waals surface area contributed by atoms with Crippen LogP contribution in [0.2, 0.25) is 0 Å². The van der Waals surface area contributed by atoms with Crippen molar-refractivity contribution in [2.45, 2.75) is 6.42 Å². The number of rotatable bonds is 4. The van der Waals surface area contributed by atoms with Gasteiger partial charge in [0.1, 0.15) is 0 Å². The highest BCUT2D eigenvalue weighted by Crippen LogP contribution is 2.07. The minimum Gasteiger partial charge on any atom is -0.481 e. The summed E-state index contributed by atoms with van der Waals surface area (Å²) in [5, 5.41) is 8.64. The Bertz CT molecular complexity index is 526. The van der Waals surface area contributed by atoms with Crippen LogP contribution in [-0.2, 0) is 4.79 Å². The van der Waals surface area contributed by atoms with Crippen molar-refractivity contribution < 1.29 is 14.7 Å². The Morgan fingerprint density at radius 1 is 1.20 bits per heavy atom. The maximum absolute atomic E-state index is 12.2. The molecule has 7 nitrogen and oxygen atoms in total. The van der Waals surface area contributed by atoms with Gasteiger partial charge in [0.05, 0.1) is 12.0 Å². The van der Waals surface area contributed by atoms with E-state index in [2.05, 4.69) is 4.98 Å². The first kappa shape index (κ1) is 14.3. The number of carbonyl (C=O) groups excluding carboxylic acids is 1. The topological polar surface area (TPSA) is 93.7 Å². The molecule has 1 fully saturated rings. The summed E-state index contributed by atoms with van der Waals surface area (Å²) >= 11 is 0. The van der Waals surface area contributed by atoms with E-state index in [1.54, 1.807) is 4.90 Å². The zero-order valence-electron chi connectivity index (χ0n) is 11.0. The fourth-order valence-corrected chi connectivity index (χ4v) is 2.15. The molecular weight excluding hydrogens is 262 g/mol. The third kappa shape index (κ3) is 3.67. The summed E-state index contributed by atoms with van der Waals surface area (Å²) in [6.45, 7) is 2.98. The molecule has 1 aromatic heterocycles. The molecule has 0 spiro atoms. The number of aliphatic carboxylic acids is 1. The number of piperazine rings is 1. The number of carboxylic acid groups (broad SMARTS) is 1. The molecule has 1 aromatic rings. The molecule has 0 saturated carbocycles. The van der Waals surface area contributed by atoms with Crippen molar-refractivity contribution in [3.8, 4) is 0 Å². The van der Waals surface area contributed by atoms with Gasteiger partial charge in [0.15, 0.2) is 0 Å². The van der Waals surface area contributed by atoms with E-state index < -0.39 is 5.97 Å². The minimum atomic E-state index is -0.809. The normalized spacial score (nSPS) is 16.1. The highest BCUT2D eigenvalue weighted by atomic mass is 16.4. The van der Waals surface area contributed by atoms with Crippen LogP contribution >= 0.6 is 0 Å². The van der Waals surface area contributed by atoms with Gasteiger partial charge in [-0.1, -0.05) is 0 Å². The number of nitrogens with zero attached hydrogens (tertiary/aromatic N) is 2. The molecule has 2 rings (SSSR count). The molecule has 0 aliphatic carbocycles. The molecule has 2 N–H and O–H groups in total. The summed E-state index contributed by atoms with van der Waals surface area (Å²) in [6, 6.07) is 2.84. The molecule has 20 heavy (non-hydrogen) atoms. The van der Waals surface area contributed by atoms with E-state index in [0.717, 1.165) is 0 Å². The van der Waals surface area contributed by atoms with Gasteiger partial charge >= 0.3 is 5.97 Å². The number of aromatic nitrogens is 1. The SMILES string of the molecule is O=C(O)CCN1CCN(C(=O)c2ccc(=O)[nH]c2)CC1. The highest BCUT2D eigenvalue weighted by Gasteiger charge is 2.22. The van der Waals surface area contributed by atoms with Crippen molar-refractivity contribution >= 4 is 11.9 Å². The van der Waals surface area contributed by atoms with Crippen LogP contribution in [0.3, 0.4) is 0 Å². The lowest BCUT2D eigenvalue weighted by atomic mass is 10.2. The smallest absolute Gasteiger partial charge is 0.304 e. The first-order valence-electron chi connectivity index (χ1n) is 6.48. The van der Waals surface area contributed by atoms with Crippen molar-refractivity contribution in [2.75, 3.05) is 32.7 Å². The summed E-state index contributed by atoms with van der Waals surface area (Å²) in [4.78, 5) is 39.9. The highest BCUT2D eigenvalue weighted by molar-refractivity contribution is 5.93. The second kappa shape index (κ2) is 6.33.